The Hall–Kier alpha value is -4.39. The van der Waals surface area contributed by atoms with Crippen LogP contribution in [0.15, 0.2) is 82.0 Å². The van der Waals surface area contributed by atoms with E-state index in [0.717, 1.165) is 36.6 Å². The van der Waals surface area contributed by atoms with Crippen LogP contribution in [0.2, 0.25) is 0 Å². The summed E-state index contributed by atoms with van der Waals surface area (Å²) in [4.78, 5) is 35.9. The number of hydrogen-bond acceptors (Lipinski definition) is 6. The van der Waals surface area contributed by atoms with Gasteiger partial charge >= 0.3 is 11.6 Å². The zero-order valence-corrected chi connectivity index (χ0v) is 28.9. The topological polar surface area (TPSA) is 109 Å². The summed E-state index contributed by atoms with van der Waals surface area (Å²) in [5, 5.41) is 0.840. The highest BCUT2D eigenvalue weighted by Crippen LogP contribution is 2.57. The van der Waals surface area contributed by atoms with Gasteiger partial charge in [0, 0.05) is 29.4 Å². The molecule has 1 aliphatic heterocycles. The fraction of sp³-hybridized carbons (Fsp3) is 0.439. The smallest absolute Gasteiger partial charge is 0.338 e. The summed E-state index contributed by atoms with van der Waals surface area (Å²) in [6, 6.07) is 22.7. The lowest BCUT2D eigenvalue weighted by Crippen LogP contribution is -2.54. The second-order valence-corrected chi connectivity index (χ2v) is 15.1. The Morgan fingerprint density at radius 2 is 1.71 bits per heavy atom. The number of benzene rings is 3. The van der Waals surface area contributed by atoms with Gasteiger partial charge in [-0.3, -0.25) is 4.79 Å². The molecule has 4 aromatic rings. The zero-order valence-electron chi connectivity index (χ0n) is 28.9. The number of carbonyl (C=O) groups excluding carboxylic acids is 2. The van der Waals surface area contributed by atoms with Crippen LogP contribution in [0.3, 0.4) is 0 Å². The van der Waals surface area contributed by atoms with E-state index in [0.29, 0.717) is 35.2 Å². The third-order valence-electron chi connectivity index (χ3n) is 11.2. The minimum atomic E-state index is -0.820. The summed E-state index contributed by atoms with van der Waals surface area (Å²) in [5.74, 6) is 1.11. The second-order valence-electron chi connectivity index (χ2n) is 15.1. The van der Waals surface area contributed by atoms with E-state index in [2.05, 4.69) is 45.9 Å². The molecular formula is C41H47NO6. The maximum atomic E-state index is 12.4. The normalized spacial score (nSPS) is 24.4. The maximum absolute atomic E-state index is 12.4. The summed E-state index contributed by atoms with van der Waals surface area (Å²) >= 11 is 0. The summed E-state index contributed by atoms with van der Waals surface area (Å²) in [5.41, 5.74) is 10.7. The molecule has 1 aromatic heterocycles. The van der Waals surface area contributed by atoms with Gasteiger partial charge in [-0.2, -0.15) is 0 Å². The van der Waals surface area contributed by atoms with Crippen LogP contribution >= 0.6 is 0 Å². The van der Waals surface area contributed by atoms with E-state index in [9.17, 15) is 14.4 Å². The fourth-order valence-corrected chi connectivity index (χ4v) is 8.30. The molecule has 2 heterocycles. The van der Waals surface area contributed by atoms with E-state index in [4.69, 9.17) is 19.6 Å². The van der Waals surface area contributed by atoms with Crippen LogP contribution in [0, 0.1) is 11.3 Å². The zero-order chi connectivity index (χ0) is 34.4. The summed E-state index contributed by atoms with van der Waals surface area (Å²) in [7, 11) is 0. The molecule has 2 aliphatic carbocycles. The van der Waals surface area contributed by atoms with Gasteiger partial charge in [0.25, 0.3) is 0 Å². The van der Waals surface area contributed by atoms with Crippen LogP contribution in [0.4, 0.5) is 0 Å². The Kier molecular flexibility index (Phi) is 8.78. The monoisotopic (exact) mass is 649 g/mol. The summed E-state index contributed by atoms with van der Waals surface area (Å²) in [6.45, 7) is 12.6. The van der Waals surface area contributed by atoms with Crippen LogP contribution in [0.5, 0.6) is 5.75 Å². The molecule has 0 bridgehead atoms. The van der Waals surface area contributed by atoms with Gasteiger partial charge in [0.1, 0.15) is 23.0 Å². The van der Waals surface area contributed by atoms with Crippen molar-refractivity contribution in [1.29, 1.82) is 0 Å². The predicted molar refractivity (Wildman–Crippen MR) is 187 cm³/mol. The molecule has 7 heteroatoms. The Labute approximate surface area is 282 Å². The molecule has 3 aromatic carbocycles. The number of rotatable bonds is 5. The van der Waals surface area contributed by atoms with Crippen molar-refractivity contribution in [2.45, 2.75) is 103 Å². The molecule has 1 amide bonds. The number of amides is 1. The number of carbonyl (C=O) groups is 2. The maximum Gasteiger partial charge on any atom is 0.338 e. The average Bonchev–Trinajstić information content (AvgIpc) is 3.48. The molecule has 7 rings (SSSR count). The number of aryl methyl sites for hydroxylation is 1. The van der Waals surface area contributed by atoms with Crippen LogP contribution in [-0.4, -0.2) is 23.6 Å². The summed E-state index contributed by atoms with van der Waals surface area (Å²) in [6.07, 6.45) is 5.67. The number of hydrogen-bond donors (Lipinski definition) is 1. The predicted octanol–water partition coefficient (Wildman–Crippen LogP) is 8.04. The molecule has 4 unspecified atom stereocenters. The first-order valence-electron chi connectivity index (χ1n) is 17.2. The first-order valence-corrected chi connectivity index (χ1v) is 17.2. The van der Waals surface area contributed by atoms with Gasteiger partial charge in [-0.05, 0) is 103 Å². The molecule has 3 aliphatic rings. The Balaban J connectivity index is 0.000000170. The van der Waals surface area contributed by atoms with E-state index in [1.165, 1.54) is 29.2 Å². The molecule has 4 atom stereocenters. The minimum absolute atomic E-state index is 0.102. The number of nitrogens with two attached hydrogens (primary N) is 1. The molecule has 2 N–H and O–H groups in total. The van der Waals surface area contributed by atoms with Crippen molar-refractivity contribution in [2.24, 2.45) is 17.1 Å². The van der Waals surface area contributed by atoms with Crippen LogP contribution in [0.25, 0.3) is 11.0 Å². The lowest BCUT2D eigenvalue weighted by Gasteiger charge is -2.54. The third-order valence-corrected chi connectivity index (χ3v) is 11.2. The van der Waals surface area contributed by atoms with E-state index >= 15 is 0 Å². The van der Waals surface area contributed by atoms with E-state index < -0.39 is 11.2 Å². The molecule has 0 radical (unpaired) electrons. The van der Waals surface area contributed by atoms with Crippen molar-refractivity contribution >= 4 is 22.8 Å². The molecular weight excluding hydrogens is 602 g/mol. The second kappa shape index (κ2) is 12.6. The van der Waals surface area contributed by atoms with Gasteiger partial charge in [0.15, 0.2) is 0 Å². The number of esters is 1. The van der Waals surface area contributed by atoms with Crippen molar-refractivity contribution in [2.75, 3.05) is 0 Å². The van der Waals surface area contributed by atoms with Gasteiger partial charge in [0.2, 0.25) is 5.91 Å². The first-order chi connectivity index (χ1) is 22.7. The van der Waals surface area contributed by atoms with Crippen molar-refractivity contribution in [3.05, 3.63) is 111 Å². The highest BCUT2D eigenvalue weighted by molar-refractivity contribution is 5.89. The Bertz CT molecular complexity index is 1910. The van der Waals surface area contributed by atoms with Gasteiger partial charge < -0.3 is 19.6 Å². The molecule has 48 heavy (non-hydrogen) atoms. The van der Waals surface area contributed by atoms with Gasteiger partial charge in [-0.1, -0.05) is 70.5 Å². The SMILES string of the molecule is CC(C)(OC(=O)c1ccccc1)C1Cc2cc3ccc(=O)oc3cc2O1.CC(C)c1ccc2c(c1)CCC1C(C)(C(N)=O)CCCC21C. The number of primary amides is 1. The molecule has 0 spiro atoms. The van der Waals surface area contributed by atoms with Crippen LogP contribution in [0.1, 0.15) is 106 Å². The van der Waals surface area contributed by atoms with Crippen molar-refractivity contribution in [3.8, 4) is 5.75 Å². The Morgan fingerprint density at radius 1 is 0.958 bits per heavy atom. The lowest BCUT2D eigenvalue weighted by molar-refractivity contribution is -0.135. The number of ether oxygens (including phenoxy) is 2. The van der Waals surface area contributed by atoms with Crippen molar-refractivity contribution in [3.63, 3.8) is 0 Å². The third kappa shape index (κ3) is 6.15. The Morgan fingerprint density at radius 3 is 2.42 bits per heavy atom. The summed E-state index contributed by atoms with van der Waals surface area (Å²) < 4.78 is 16.9. The molecule has 0 saturated heterocycles. The average molecular weight is 650 g/mol. The van der Waals surface area contributed by atoms with E-state index in [-0.39, 0.29) is 28.8 Å². The van der Waals surface area contributed by atoms with E-state index in [1.807, 2.05) is 26.0 Å². The highest BCUT2D eigenvalue weighted by atomic mass is 16.6. The van der Waals surface area contributed by atoms with Gasteiger partial charge in [-0.25, -0.2) is 9.59 Å². The number of fused-ring (bicyclic) bond motifs is 5. The van der Waals surface area contributed by atoms with Crippen molar-refractivity contribution < 1.29 is 23.5 Å². The van der Waals surface area contributed by atoms with Gasteiger partial charge in [-0.15, -0.1) is 0 Å². The van der Waals surface area contributed by atoms with Crippen LogP contribution in [-0.2, 0) is 27.8 Å². The highest BCUT2D eigenvalue weighted by Gasteiger charge is 2.54. The molecule has 7 nitrogen and oxygen atoms in total. The molecule has 252 valence electrons. The quantitative estimate of drug-likeness (QED) is 0.173. The molecule has 1 fully saturated rings. The standard InChI is InChI=1S/C21H18O5.C20H29NO/c1-21(2,26-20(23)13-6-4-3-5-7-13)18-11-15-10-14-8-9-19(22)25-16(14)12-17(15)24-18;1-13(2)14-6-8-16-15(12-14)7-9-17-19(16,3)10-5-11-20(17,4)18(21)22/h3-10,12,18H,11H2,1-2H3;6,8,12-13,17H,5,7,9-11H2,1-4H3,(H2,21,22). The molecule has 1 saturated carbocycles. The minimum Gasteiger partial charge on any atom is -0.485 e. The fourth-order valence-electron chi connectivity index (χ4n) is 8.30. The van der Waals surface area contributed by atoms with E-state index in [1.54, 1.807) is 36.4 Å². The van der Waals surface area contributed by atoms with Gasteiger partial charge in [0.05, 0.1) is 5.56 Å². The lowest BCUT2D eigenvalue weighted by atomic mass is 9.49. The van der Waals surface area contributed by atoms with Crippen molar-refractivity contribution in [1.82, 2.24) is 0 Å². The first kappa shape index (κ1) is 33.5. The van der Waals surface area contributed by atoms with Crippen LogP contribution < -0.4 is 16.1 Å². The largest absolute Gasteiger partial charge is 0.485 e.